The fourth-order valence-electron chi connectivity index (χ4n) is 4.62. The van der Waals surface area contributed by atoms with Crippen molar-refractivity contribution in [3.8, 4) is 0 Å². The Hall–Kier alpha value is -0.130. The van der Waals surface area contributed by atoms with Gasteiger partial charge in [0.15, 0.2) is 0 Å². The fraction of sp³-hybridized carbons (Fsp3) is 0.727. The maximum Gasteiger partial charge on any atom is 0.0598 e. The van der Waals surface area contributed by atoms with Gasteiger partial charge in [-0.25, -0.2) is 0 Å². The van der Waals surface area contributed by atoms with Gasteiger partial charge in [-0.2, -0.15) is 0 Å². The summed E-state index contributed by atoms with van der Waals surface area (Å²) in [7, 11) is 0. The first-order valence-corrected chi connectivity index (χ1v) is 11.4. The lowest BCUT2D eigenvalue weighted by Gasteiger charge is -2.46. The molecule has 2 aliphatic heterocycles. The minimum Gasteiger partial charge on any atom is -0.393 e. The molecule has 0 amide bonds. The van der Waals surface area contributed by atoms with Crippen LogP contribution in [0.2, 0.25) is 0 Å². The van der Waals surface area contributed by atoms with Gasteiger partial charge >= 0.3 is 0 Å². The molecular weight excluding hydrogens is 421 g/mol. The zero-order chi connectivity index (χ0) is 18.2. The number of halogens is 1. The zero-order valence-corrected chi connectivity index (χ0v) is 18.5. The van der Waals surface area contributed by atoms with E-state index in [9.17, 15) is 5.11 Å². The highest BCUT2D eigenvalue weighted by Crippen LogP contribution is 2.41. The summed E-state index contributed by atoms with van der Waals surface area (Å²) in [6.45, 7) is 11.4. The Balaban J connectivity index is 1.69. The van der Waals surface area contributed by atoms with Gasteiger partial charge in [-0.3, -0.25) is 4.90 Å². The Kier molecular flexibility index (Phi) is 6.17. The number of piperidine rings is 1. The lowest BCUT2D eigenvalue weighted by atomic mass is 9.76. The van der Waals surface area contributed by atoms with E-state index in [-0.39, 0.29) is 6.10 Å². The summed E-state index contributed by atoms with van der Waals surface area (Å²) in [5.74, 6) is 0.442. The average molecular weight is 455 g/mol. The van der Waals surface area contributed by atoms with E-state index in [2.05, 4.69) is 67.3 Å². The van der Waals surface area contributed by atoms with Crippen LogP contribution in [0.3, 0.4) is 0 Å². The zero-order valence-electron chi connectivity index (χ0n) is 16.3. The molecule has 2 aliphatic rings. The molecule has 1 saturated heterocycles. The fourth-order valence-corrected chi connectivity index (χ4v) is 6.08. The number of fused-ring (bicyclic) bond motifs is 3. The van der Waals surface area contributed by atoms with Crippen molar-refractivity contribution in [1.29, 1.82) is 0 Å². The van der Waals surface area contributed by atoms with Crippen LogP contribution >= 0.6 is 22.6 Å². The largest absolute Gasteiger partial charge is 0.393 e. The number of rotatable bonds is 5. The number of aliphatic hydroxyl groups excluding tert-OH is 1. The summed E-state index contributed by atoms with van der Waals surface area (Å²) in [5.41, 5.74) is 6.19. The Labute approximate surface area is 167 Å². The number of nitrogens with zero attached hydrogens (tertiary/aromatic N) is 1. The lowest BCUT2D eigenvalue weighted by Crippen LogP contribution is -2.48. The maximum absolute atomic E-state index is 10.9. The second-order valence-corrected chi connectivity index (χ2v) is 10.2. The number of hydrogen-bond donors (Lipinski definition) is 1. The van der Waals surface area contributed by atoms with Crippen LogP contribution in [0.4, 0.5) is 0 Å². The van der Waals surface area contributed by atoms with Crippen molar-refractivity contribution in [1.82, 2.24) is 4.90 Å². The smallest absolute Gasteiger partial charge is 0.0598 e. The first-order chi connectivity index (χ1) is 11.8. The number of alkyl halides is 1. The predicted octanol–water partition coefficient (Wildman–Crippen LogP) is 5.21. The Morgan fingerprint density at radius 3 is 2.64 bits per heavy atom. The van der Waals surface area contributed by atoms with Gasteiger partial charge in [-0.1, -0.05) is 48.6 Å². The molecule has 3 rings (SSSR count). The van der Waals surface area contributed by atoms with Gasteiger partial charge in [0.2, 0.25) is 0 Å². The molecule has 1 fully saturated rings. The topological polar surface area (TPSA) is 23.5 Å². The molecule has 1 aromatic rings. The molecule has 2 heterocycles. The van der Waals surface area contributed by atoms with Gasteiger partial charge in [0.05, 0.1) is 6.10 Å². The summed E-state index contributed by atoms with van der Waals surface area (Å²) in [5, 5.41) is 10.9. The molecule has 1 N–H and O–H groups in total. The van der Waals surface area contributed by atoms with E-state index in [1.165, 1.54) is 39.5 Å². The van der Waals surface area contributed by atoms with Crippen molar-refractivity contribution >= 4 is 22.6 Å². The van der Waals surface area contributed by atoms with Gasteiger partial charge < -0.3 is 5.11 Å². The minimum atomic E-state index is -0.149. The van der Waals surface area contributed by atoms with E-state index in [4.69, 9.17) is 0 Å². The third kappa shape index (κ3) is 4.41. The molecule has 0 aromatic heterocycles. The van der Waals surface area contributed by atoms with Crippen LogP contribution in [0, 0.1) is 25.2 Å². The molecule has 0 radical (unpaired) electrons. The molecule has 1 aromatic carbocycles. The summed E-state index contributed by atoms with van der Waals surface area (Å²) < 4.78 is 1.22. The van der Waals surface area contributed by atoms with Crippen LogP contribution in [0.25, 0.3) is 0 Å². The van der Waals surface area contributed by atoms with E-state index in [1.807, 2.05) is 0 Å². The molecule has 0 unspecified atom stereocenters. The summed E-state index contributed by atoms with van der Waals surface area (Å²) in [6, 6.07) is 5.20. The SMILES string of the molecule is Cc1cc2c(cc1C)[C@@H]1C[C@H](O)[C@@H](CCC(C)(C)CCI)CN1CC2. The van der Waals surface area contributed by atoms with Gasteiger partial charge in [-0.05, 0) is 79.5 Å². The molecule has 0 bridgehead atoms. The van der Waals surface area contributed by atoms with Crippen LogP contribution in [0.1, 0.15) is 67.8 Å². The molecule has 3 heteroatoms. The minimum absolute atomic E-state index is 0.149. The van der Waals surface area contributed by atoms with E-state index in [1.54, 1.807) is 0 Å². The monoisotopic (exact) mass is 455 g/mol. The lowest BCUT2D eigenvalue weighted by molar-refractivity contribution is -0.0187. The van der Waals surface area contributed by atoms with Crippen LogP contribution in [-0.2, 0) is 6.42 Å². The number of aliphatic hydroxyl groups is 1. The van der Waals surface area contributed by atoms with Crippen molar-refractivity contribution in [2.24, 2.45) is 11.3 Å². The number of aryl methyl sites for hydroxylation is 2. The van der Waals surface area contributed by atoms with E-state index in [0.717, 1.165) is 32.4 Å². The van der Waals surface area contributed by atoms with Crippen molar-refractivity contribution in [3.63, 3.8) is 0 Å². The van der Waals surface area contributed by atoms with Crippen molar-refractivity contribution in [2.45, 2.75) is 71.9 Å². The predicted molar refractivity (Wildman–Crippen MR) is 115 cm³/mol. The highest BCUT2D eigenvalue weighted by Gasteiger charge is 2.38. The Morgan fingerprint density at radius 1 is 1.20 bits per heavy atom. The number of benzene rings is 1. The van der Waals surface area contributed by atoms with E-state index >= 15 is 0 Å². The molecule has 2 nitrogen and oxygen atoms in total. The molecule has 0 spiro atoms. The van der Waals surface area contributed by atoms with E-state index < -0.39 is 0 Å². The molecule has 140 valence electrons. The van der Waals surface area contributed by atoms with Crippen molar-refractivity contribution in [2.75, 3.05) is 17.5 Å². The standard InChI is InChI=1S/C22H34INO/c1-15-11-17-6-10-24-14-18(5-7-22(3,4)8-9-23)21(25)13-20(24)19(17)12-16(15)2/h11-12,18,20-21,25H,5-10,13-14H2,1-4H3/t18-,20-,21-/m0/s1. The first-order valence-electron chi connectivity index (χ1n) is 9.89. The van der Waals surface area contributed by atoms with E-state index in [0.29, 0.717) is 17.4 Å². The highest BCUT2D eigenvalue weighted by atomic mass is 127. The summed E-state index contributed by atoms with van der Waals surface area (Å²) >= 11 is 2.48. The van der Waals surface area contributed by atoms with Gasteiger partial charge in [0.1, 0.15) is 0 Å². The Morgan fingerprint density at radius 2 is 1.92 bits per heavy atom. The maximum atomic E-state index is 10.9. The molecule has 0 saturated carbocycles. The quantitative estimate of drug-likeness (QED) is 0.487. The van der Waals surface area contributed by atoms with Crippen LogP contribution < -0.4 is 0 Å². The average Bonchev–Trinajstić information content (AvgIpc) is 2.54. The summed E-state index contributed by atoms with van der Waals surface area (Å²) in [4.78, 5) is 2.65. The number of hydrogen-bond acceptors (Lipinski definition) is 2. The third-order valence-electron chi connectivity index (χ3n) is 6.66. The van der Waals surface area contributed by atoms with Gasteiger partial charge in [0.25, 0.3) is 0 Å². The van der Waals surface area contributed by atoms with Crippen LogP contribution in [0.5, 0.6) is 0 Å². The second-order valence-electron chi connectivity index (χ2n) is 9.10. The first kappa shape index (κ1) is 19.6. The molecular formula is C22H34INO. The van der Waals surface area contributed by atoms with Crippen LogP contribution in [0.15, 0.2) is 12.1 Å². The molecule has 25 heavy (non-hydrogen) atoms. The second kappa shape index (κ2) is 7.85. The molecule has 3 atom stereocenters. The van der Waals surface area contributed by atoms with Crippen molar-refractivity contribution in [3.05, 3.63) is 34.4 Å². The Bertz CT molecular complexity index is 612. The third-order valence-corrected chi connectivity index (χ3v) is 7.20. The van der Waals surface area contributed by atoms with Crippen molar-refractivity contribution < 1.29 is 5.11 Å². The van der Waals surface area contributed by atoms with Gasteiger partial charge in [-0.15, -0.1) is 0 Å². The highest BCUT2D eigenvalue weighted by molar-refractivity contribution is 14.1. The van der Waals surface area contributed by atoms with Gasteiger partial charge in [0, 0.05) is 23.6 Å². The summed E-state index contributed by atoms with van der Waals surface area (Å²) in [6.07, 6.45) is 5.58. The normalized spacial score (nSPS) is 27.0. The van der Waals surface area contributed by atoms with Crippen LogP contribution in [-0.4, -0.2) is 33.6 Å². The molecule has 0 aliphatic carbocycles.